The maximum atomic E-state index is 12.4. The molecule has 0 aliphatic heterocycles. The lowest BCUT2D eigenvalue weighted by molar-refractivity contribution is -0.117. The minimum atomic E-state index is -3.71. The molecule has 28 heavy (non-hydrogen) atoms. The highest BCUT2D eigenvalue weighted by molar-refractivity contribution is 7.89. The van der Waals surface area contributed by atoms with E-state index in [0.717, 1.165) is 15.6 Å². The first kappa shape index (κ1) is 22.2. The number of halogens is 1. The highest BCUT2D eigenvalue weighted by Gasteiger charge is 2.21. The molecule has 2 aromatic rings. The summed E-state index contributed by atoms with van der Waals surface area (Å²) in [5.41, 5.74) is 1.33. The maximum Gasteiger partial charge on any atom is 0.244 e. The molecule has 152 valence electrons. The Balaban J connectivity index is 2.07. The van der Waals surface area contributed by atoms with E-state index >= 15 is 0 Å². The van der Waals surface area contributed by atoms with Crippen molar-refractivity contribution < 1.29 is 17.9 Å². The van der Waals surface area contributed by atoms with Crippen LogP contribution in [0.3, 0.4) is 0 Å². The van der Waals surface area contributed by atoms with E-state index in [-0.39, 0.29) is 22.4 Å². The van der Waals surface area contributed by atoms with E-state index in [0.29, 0.717) is 12.2 Å². The van der Waals surface area contributed by atoms with Crippen LogP contribution in [0.25, 0.3) is 0 Å². The third kappa shape index (κ3) is 5.45. The number of para-hydroxylation sites is 1. The summed E-state index contributed by atoms with van der Waals surface area (Å²) < 4.78 is 31.1. The number of ether oxygens (including phenoxy) is 1. The molecule has 0 saturated carbocycles. The van der Waals surface area contributed by atoms with Crippen LogP contribution in [-0.2, 0) is 21.4 Å². The van der Waals surface area contributed by atoms with Gasteiger partial charge in [-0.15, -0.1) is 0 Å². The average Bonchev–Trinajstić information content (AvgIpc) is 2.63. The average molecular weight is 426 g/mol. The van der Waals surface area contributed by atoms with Crippen LogP contribution in [-0.4, -0.2) is 58.3 Å². The fourth-order valence-corrected chi connectivity index (χ4v) is 4.00. The van der Waals surface area contributed by atoms with E-state index in [1.54, 1.807) is 13.2 Å². The van der Waals surface area contributed by atoms with Crippen LogP contribution in [0.1, 0.15) is 5.56 Å². The number of benzene rings is 2. The molecule has 0 aliphatic rings. The van der Waals surface area contributed by atoms with Crippen molar-refractivity contribution in [2.24, 2.45) is 0 Å². The van der Waals surface area contributed by atoms with E-state index in [4.69, 9.17) is 16.3 Å². The number of sulfonamides is 1. The molecular formula is C19H24ClN3O4S. The minimum Gasteiger partial charge on any atom is -0.496 e. The van der Waals surface area contributed by atoms with Crippen molar-refractivity contribution in [3.63, 3.8) is 0 Å². The van der Waals surface area contributed by atoms with Crippen molar-refractivity contribution in [1.29, 1.82) is 0 Å². The number of rotatable bonds is 8. The van der Waals surface area contributed by atoms with Crippen LogP contribution in [0.15, 0.2) is 47.4 Å². The number of anilines is 1. The highest BCUT2D eigenvalue weighted by atomic mass is 35.5. The van der Waals surface area contributed by atoms with Gasteiger partial charge >= 0.3 is 0 Å². The Morgan fingerprint density at radius 2 is 1.82 bits per heavy atom. The Morgan fingerprint density at radius 1 is 1.14 bits per heavy atom. The van der Waals surface area contributed by atoms with Gasteiger partial charge in [-0.3, -0.25) is 9.69 Å². The van der Waals surface area contributed by atoms with Gasteiger partial charge in [-0.05, 0) is 31.3 Å². The lowest BCUT2D eigenvalue weighted by Gasteiger charge is -2.18. The number of carbonyl (C=O) groups is 1. The van der Waals surface area contributed by atoms with Crippen LogP contribution in [0, 0.1) is 0 Å². The predicted octanol–water partition coefficient (Wildman–Crippen LogP) is 2.67. The first-order valence-electron chi connectivity index (χ1n) is 8.47. The summed E-state index contributed by atoms with van der Waals surface area (Å²) in [5, 5.41) is 2.81. The number of methoxy groups -OCH3 is 1. The molecule has 0 fully saturated rings. The summed E-state index contributed by atoms with van der Waals surface area (Å²) in [5.74, 6) is 0.485. The molecule has 1 N–H and O–H groups in total. The number of carbonyl (C=O) groups excluding carboxylic acids is 1. The Bertz CT molecular complexity index is 948. The fourth-order valence-electron chi connectivity index (χ4n) is 2.60. The van der Waals surface area contributed by atoms with Gasteiger partial charge in [-0.1, -0.05) is 29.8 Å². The monoisotopic (exact) mass is 425 g/mol. The zero-order chi connectivity index (χ0) is 20.9. The van der Waals surface area contributed by atoms with Crippen LogP contribution < -0.4 is 10.1 Å². The standard InChI is InChI=1S/C19H24ClN3O4S/c1-22(2)28(25,26)18-11-15(9-10-16(18)20)21-19(24)13-23(3)12-14-7-5-6-8-17(14)27-4/h5-11H,12-13H2,1-4H3,(H,21,24). The molecule has 1 amide bonds. The lowest BCUT2D eigenvalue weighted by Crippen LogP contribution is -2.30. The second kappa shape index (κ2) is 9.38. The Labute approximate surface area is 170 Å². The lowest BCUT2D eigenvalue weighted by atomic mass is 10.2. The van der Waals surface area contributed by atoms with E-state index in [9.17, 15) is 13.2 Å². The quantitative estimate of drug-likeness (QED) is 0.703. The molecule has 0 aromatic heterocycles. The maximum absolute atomic E-state index is 12.4. The van der Waals surface area contributed by atoms with Gasteiger partial charge in [0.2, 0.25) is 15.9 Å². The summed E-state index contributed by atoms with van der Waals surface area (Å²) in [4.78, 5) is 14.1. The Morgan fingerprint density at radius 3 is 2.46 bits per heavy atom. The van der Waals surface area contributed by atoms with Crippen molar-refractivity contribution in [3.05, 3.63) is 53.1 Å². The molecule has 2 rings (SSSR count). The van der Waals surface area contributed by atoms with Gasteiger partial charge in [0.1, 0.15) is 10.6 Å². The van der Waals surface area contributed by atoms with Crippen molar-refractivity contribution >= 4 is 33.2 Å². The van der Waals surface area contributed by atoms with E-state index in [1.807, 2.05) is 36.2 Å². The predicted molar refractivity (Wildman–Crippen MR) is 110 cm³/mol. The van der Waals surface area contributed by atoms with Gasteiger partial charge in [0.25, 0.3) is 0 Å². The number of nitrogens with one attached hydrogen (secondary N) is 1. The van der Waals surface area contributed by atoms with Crippen molar-refractivity contribution in [2.45, 2.75) is 11.4 Å². The summed E-state index contributed by atoms with van der Waals surface area (Å²) in [6.07, 6.45) is 0. The largest absolute Gasteiger partial charge is 0.496 e. The van der Waals surface area contributed by atoms with Gasteiger partial charge < -0.3 is 10.1 Å². The molecule has 0 saturated heterocycles. The zero-order valence-corrected chi connectivity index (χ0v) is 17.8. The van der Waals surface area contributed by atoms with Crippen molar-refractivity contribution in [2.75, 3.05) is 40.1 Å². The molecule has 0 aliphatic carbocycles. The number of amides is 1. The molecular weight excluding hydrogens is 402 g/mol. The fraction of sp³-hybridized carbons (Fsp3) is 0.316. The molecule has 0 bridgehead atoms. The van der Waals surface area contributed by atoms with E-state index < -0.39 is 10.0 Å². The van der Waals surface area contributed by atoms with Gasteiger partial charge in [-0.2, -0.15) is 0 Å². The first-order chi connectivity index (χ1) is 13.1. The van der Waals surface area contributed by atoms with Gasteiger partial charge in [-0.25, -0.2) is 12.7 Å². The van der Waals surface area contributed by atoms with Crippen LogP contribution >= 0.6 is 11.6 Å². The molecule has 0 unspecified atom stereocenters. The van der Waals surface area contributed by atoms with Crippen molar-refractivity contribution in [1.82, 2.24) is 9.21 Å². The molecule has 0 heterocycles. The van der Waals surface area contributed by atoms with Crippen LogP contribution in [0.4, 0.5) is 5.69 Å². The third-order valence-electron chi connectivity index (χ3n) is 4.02. The SMILES string of the molecule is COc1ccccc1CN(C)CC(=O)Nc1ccc(Cl)c(S(=O)(=O)N(C)C)c1. The number of hydrogen-bond acceptors (Lipinski definition) is 5. The van der Waals surface area contributed by atoms with Gasteiger partial charge in [0.15, 0.2) is 0 Å². The van der Waals surface area contributed by atoms with Crippen LogP contribution in [0.2, 0.25) is 5.02 Å². The second-order valence-corrected chi connectivity index (χ2v) is 8.99. The minimum absolute atomic E-state index is 0.0562. The Kier molecular flexibility index (Phi) is 7.42. The topological polar surface area (TPSA) is 79.0 Å². The molecule has 2 aromatic carbocycles. The summed E-state index contributed by atoms with van der Waals surface area (Å²) in [6.45, 7) is 0.648. The molecule has 0 radical (unpaired) electrons. The first-order valence-corrected chi connectivity index (χ1v) is 10.3. The molecule has 0 spiro atoms. The van der Waals surface area contributed by atoms with E-state index in [2.05, 4.69) is 5.32 Å². The van der Waals surface area contributed by atoms with Crippen molar-refractivity contribution in [3.8, 4) is 5.75 Å². The summed E-state index contributed by atoms with van der Waals surface area (Å²) >= 11 is 6.03. The van der Waals surface area contributed by atoms with Gasteiger partial charge in [0.05, 0.1) is 18.7 Å². The van der Waals surface area contributed by atoms with E-state index in [1.165, 1.54) is 26.2 Å². The number of nitrogens with zero attached hydrogens (tertiary/aromatic N) is 2. The number of hydrogen-bond donors (Lipinski definition) is 1. The summed E-state index contributed by atoms with van der Waals surface area (Å²) in [6, 6.07) is 12.0. The zero-order valence-electron chi connectivity index (χ0n) is 16.3. The normalized spacial score (nSPS) is 11.7. The summed E-state index contributed by atoms with van der Waals surface area (Å²) in [7, 11) is 2.55. The molecule has 7 nitrogen and oxygen atoms in total. The molecule has 0 atom stereocenters. The third-order valence-corrected chi connectivity index (χ3v) is 6.32. The van der Waals surface area contributed by atoms with Gasteiger partial charge in [0, 0.05) is 31.9 Å². The smallest absolute Gasteiger partial charge is 0.244 e. The van der Waals surface area contributed by atoms with Crippen LogP contribution in [0.5, 0.6) is 5.75 Å². The molecule has 9 heteroatoms. The number of likely N-dealkylation sites (N-methyl/N-ethyl adjacent to an activating group) is 1. The highest BCUT2D eigenvalue weighted by Crippen LogP contribution is 2.27. The Hall–Kier alpha value is -2.13. The second-order valence-electron chi connectivity index (χ2n) is 6.46.